The Hall–Kier alpha value is -0.140. The van der Waals surface area contributed by atoms with Gasteiger partial charge in [-0.3, -0.25) is 0 Å². The summed E-state index contributed by atoms with van der Waals surface area (Å²) in [5.41, 5.74) is 1.46. The number of alkyl halides is 1. The molecule has 19 heavy (non-hydrogen) atoms. The van der Waals surface area contributed by atoms with Crippen molar-refractivity contribution in [3.8, 4) is 0 Å². The van der Waals surface area contributed by atoms with Gasteiger partial charge in [0.15, 0.2) is 0 Å². The highest BCUT2D eigenvalue weighted by molar-refractivity contribution is 7.99. The molecule has 2 heteroatoms. The fourth-order valence-corrected chi connectivity index (χ4v) is 7.57. The first-order valence-electron chi connectivity index (χ1n) is 7.52. The zero-order valence-corrected chi connectivity index (χ0v) is 12.8. The van der Waals surface area contributed by atoms with Crippen molar-refractivity contribution in [3.63, 3.8) is 0 Å². The molecular formula is C17H21ClS. The maximum atomic E-state index is 6.89. The lowest BCUT2D eigenvalue weighted by Crippen LogP contribution is -2.55. The van der Waals surface area contributed by atoms with E-state index in [-0.39, 0.29) is 4.87 Å². The Kier molecular flexibility index (Phi) is 2.93. The van der Waals surface area contributed by atoms with E-state index in [9.17, 15) is 0 Å². The second-order valence-corrected chi connectivity index (χ2v) is 9.31. The first kappa shape index (κ1) is 12.6. The fourth-order valence-electron chi connectivity index (χ4n) is 5.05. The van der Waals surface area contributed by atoms with Gasteiger partial charge in [0, 0.05) is 15.4 Å². The van der Waals surface area contributed by atoms with E-state index >= 15 is 0 Å². The molecule has 0 amide bonds. The summed E-state index contributed by atoms with van der Waals surface area (Å²) in [6.07, 6.45) is 8.15. The summed E-state index contributed by atoms with van der Waals surface area (Å²) in [6, 6.07) is 10.9. The quantitative estimate of drug-likeness (QED) is 0.686. The van der Waals surface area contributed by atoms with E-state index < -0.39 is 0 Å². The summed E-state index contributed by atoms with van der Waals surface area (Å²) in [5, 5.41) is 0. The zero-order chi connectivity index (χ0) is 12.9. The SMILES string of the molecule is ClC12C[C@H]3C[C@@H](C1)CC(SCc1ccccc1)(C3)C2. The van der Waals surface area contributed by atoms with Gasteiger partial charge in [0.1, 0.15) is 0 Å². The lowest BCUT2D eigenvalue weighted by molar-refractivity contribution is 0.0539. The predicted molar refractivity (Wildman–Crippen MR) is 83.7 cm³/mol. The van der Waals surface area contributed by atoms with Crippen molar-refractivity contribution in [1.29, 1.82) is 0 Å². The highest BCUT2D eigenvalue weighted by atomic mass is 35.5. The molecule has 102 valence electrons. The molecule has 0 aromatic heterocycles. The normalized spacial score (nSPS) is 43.6. The Morgan fingerprint density at radius 2 is 1.74 bits per heavy atom. The molecule has 4 aliphatic carbocycles. The Labute approximate surface area is 125 Å². The van der Waals surface area contributed by atoms with Crippen molar-refractivity contribution >= 4 is 23.4 Å². The van der Waals surface area contributed by atoms with Crippen LogP contribution in [0.1, 0.15) is 44.1 Å². The van der Waals surface area contributed by atoms with Gasteiger partial charge < -0.3 is 0 Å². The van der Waals surface area contributed by atoms with Crippen molar-refractivity contribution < 1.29 is 0 Å². The minimum absolute atomic E-state index is 0.160. The van der Waals surface area contributed by atoms with Crippen LogP contribution in [-0.4, -0.2) is 9.62 Å². The minimum atomic E-state index is 0.160. The summed E-state index contributed by atoms with van der Waals surface area (Å²) in [7, 11) is 0. The van der Waals surface area contributed by atoms with Crippen molar-refractivity contribution in [2.75, 3.05) is 0 Å². The molecule has 0 radical (unpaired) electrons. The average Bonchev–Trinajstić information content (AvgIpc) is 2.35. The van der Waals surface area contributed by atoms with Gasteiger partial charge in [-0.15, -0.1) is 11.6 Å². The van der Waals surface area contributed by atoms with Crippen LogP contribution in [0.5, 0.6) is 0 Å². The monoisotopic (exact) mass is 292 g/mol. The Morgan fingerprint density at radius 1 is 1.05 bits per heavy atom. The molecule has 0 N–H and O–H groups in total. The first-order valence-corrected chi connectivity index (χ1v) is 8.88. The number of benzene rings is 1. The molecule has 1 aromatic rings. The highest BCUT2D eigenvalue weighted by Gasteiger charge is 2.57. The van der Waals surface area contributed by atoms with Gasteiger partial charge in [-0.1, -0.05) is 30.3 Å². The Bertz CT molecular complexity index is 455. The molecule has 0 heterocycles. The summed E-state index contributed by atoms with van der Waals surface area (Å²) >= 11 is 9.09. The van der Waals surface area contributed by atoms with E-state index in [2.05, 4.69) is 42.1 Å². The van der Waals surface area contributed by atoms with Crippen LogP contribution in [0.25, 0.3) is 0 Å². The van der Waals surface area contributed by atoms with E-state index in [1.165, 1.54) is 44.1 Å². The first-order chi connectivity index (χ1) is 9.15. The van der Waals surface area contributed by atoms with Crippen LogP contribution in [0, 0.1) is 11.8 Å². The fraction of sp³-hybridized carbons (Fsp3) is 0.647. The molecule has 0 saturated heterocycles. The number of halogens is 1. The Morgan fingerprint density at radius 3 is 2.37 bits per heavy atom. The van der Waals surface area contributed by atoms with Crippen molar-refractivity contribution in [2.24, 2.45) is 11.8 Å². The largest absolute Gasteiger partial charge is 0.150 e. The maximum absolute atomic E-state index is 6.89. The second-order valence-electron chi connectivity index (χ2n) is 7.07. The molecule has 0 aliphatic heterocycles. The molecule has 4 aliphatic rings. The minimum Gasteiger partial charge on any atom is -0.150 e. The summed E-state index contributed by atoms with van der Waals surface area (Å²) in [4.78, 5) is 0.160. The van der Waals surface area contributed by atoms with E-state index in [0.717, 1.165) is 17.6 Å². The molecule has 4 fully saturated rings. The smallest absolute Gasteiger partial charge is 0.0465 e. The van der Waals surface area contributed by atoms with Gasteiger partial charge in [-0.2, -0.15) is 11.8 Å². The topological polar surface area (TPSA) is 0 Å². The van der Waals surface area contributed by atoms with Crippen LogP contribution in [0.2, 0.25) is 0 Å². The molecule has 2 unspecified atom stereocenters. The van der Waals surface area contributed by atoms with Gasteiger partial charge in [-0.05, 0) is 55.9 Å². The Balaban J connectivity index is 1.51. The highest BCUT2D eigenvalue weighted by Crippen LogP contribution is 2.64. The van der Waals surface area contributed by atoms with E-state index in [4.69, 9.17) is 11.6 Å². The summed E-state index contributed by atoms with van der Waals surface area (Å²) < 4.78 is 0.502. The molecular weight excluding hydrogens is 272 g/mol. The third-order valence-corrected chi connectivity index (χ3v) is 7.33. The van der Waals surface area contributed by atoms with Crippen LogP contribution in [0.15, 0.2) is 30.3 Å². The molecule has 0 spiro atoms. The van der Waals surface area contributed by atoms with Crippen LogP contribution in [0.4, 0.5) is 0 Å². The van der Waals surface area contributed by atoms with E-state index in [1.807, 2.05) is 0 Å². The molecule has 4 saturated carbocycles. The molecule has 4 atom stereocenters. The van der Waals surface area contributed by atoms with E-state index in [1.54, 1.807) is 0 Å². The maximum Gasteiger partial charge on any atom is 0.0465 e. The number of hydrogen-bond donors (Lipinski definition) is 0. The second kappa shape index (κ2) is 4.43. The molecule has 1 aromatic carbocycles. The summed E-state index contributed by atoms with van der Waals surface area (Å²) in [6.45, 7) is 0. The van der Waals surface area contributed by atoms with Crippen molar-refractivity contribution in [3.05, 3.63) is 35.9 Å². The standard InChI is InChI=1S/C17H21ClS/c18-16-7-14-6-15(8-16)10-17(9-14,12-16)19-11-13-4-2-1-3-5-13/h1-5,14-15H,6-12H2/t14-,15+,16?,17?. The van der Waals surface area contributed by atoms with Gasteiger partial charge in [-0.25, -0.2) is 0 Å². The van der Waals surface area contributed by atoms with Gasteiger partial charge >= 0.3 is 0 Å². The molecule has 5 rings (SSSR count). The molecule has 4 bridgehead atoms. The van der Waals surface area contributed by atoms with Crippen molar-refractivity contribution in [1.82, 2.24) is 0 Å². The zero-order valence-electron chi connectivity index (χ0n) is 11.3. The lowest BCUT2D eigenvalue weighted by atomic mass is 9.55. The third-order valence-electron chi connectivity index (χ3n) is 5.32. The van der Waals surface area contributed by atoms with Gasteiger partial charge in [0.25, 0.3) is 0 Å². The van der Waals surface area contributed by atoms with Crippen molar-refractivity contribution in [2.45, 2.75) is 53.9 Å². The van der Waals surface area contributed by atoms with Crippen LogP contribution < -0.4 is 0 Å². The number of hydrogen-bond acceptors (Lipinski definition) is 1. The molecule has 0 nitrogen and oxygen atoms in total. The van der Waals surface area contributed by atoms with Gasteiger partial charge in [0.05, 0.1) is 0 Å². The number of thioether (sulfide) groups is 1. The van der Waals surface area contributed by atoms with E-state index in [0.29, 0.717) is 4.75 Å². The number of rotatable bonds is 3. The average molecular weight is 293 g/mol. The van der Waals surface area contributed by atoms with Crippen LogP contribution in [-0.2, 0) is 5.75 Å². The van der Waals surface area contributed by atoms with Crippen LogP contribution >= 0.6 is 23.4 Å². The van der Waals surface area contributed by atoms with Gasteiger partial charge in [0.2, 0.25) is 0 Å². The van der Waals surface area contributed by atoms with Crippen LogP contribution in [0.3, 0.4) is 0 Å². The predicted octanol–water partition coefficient (Wildman–Crippen LogP) is 5.25. The lowest BCUT2D eigenvalue weighted by Gasteiger charge is -2.59. The third kappa shape index (κ3) is 2.34. The summed E-state index contributed by atoms with van der Waals surface area (Å²) in [5.74, 6) is 3.00.